The van der Waals surface area contributed by atoms with Crippen molar-refractivity contribution in [3.63, 3.8) is 0 Å². The van der Waals surface area contributed by atoms with Crippen LogP contribution in [0.15, 0.2) is 24.3 Å². The number of sulfone groups is 1. The molecule has 0 unspecified atom stereocenters. The van der Waals surface area contributed by atoms with E-state index in [1.165, 1.54) is 5.01 Å². The number of hydrogen-bond donors (Lipinski definition) is 0. The summed E-state index contributed by atoms with van der Waals surface area (Å²) in [5.41, 5.74) is 0. The van der Waals surface area contributed by atoms with Gasteiger partial charge >= 0.3 is 0 Å². The van der Waals surface area contributed by atoms with E-state index in [-0.39, 0.29) is 30.1 Å². The molecule has 1 aromatic rings. The van der Waals surface area contributed by atoms with Crippen LogP contribution in [0.5, 0.6) is 11.5 Å². The molecule has 0 N–H and O–H groups in total. The van der Waals surface area contributed by atoms with E-state index >= 15 is 0 Å². The van der Waals surface area contributed by atoms with E-state index in [1.807, 2.05) is 0 Å². The molecule has 2 rings (SSSR count). The molecule has 0 bridgehead atoms. The first-order valence-electron chi connectivity index (χ1n) is 7.29. The van der Waals surface area contributed by atoms with Gasteiger partial charge in [0.2, 0.25) is 0 Å². The lowest BCUT2D eigenvalue weighted by Crippen LogP contribution is -2.51. The van der Waals surface area contributed by atoms with Crippen LogP contribution < -0.4 is 9.47 Å². The quantitative estimate of drug-likeness (QED) is 0.704. The van der Waals surface area contributed by atoms with Gasteiger partial charge < -0.3 is 9.47 Å². The molecule has 23 heavy (non-hydrogen) atoms. The summed E-state index contributed by atoms with van der Waals surface area (Å²) in [6.45, 7) is -0.152. The second-order valence-electron chi connectivity index (χ2n) is 5.61. The van der Waals surface area contributed by atoms with Gasteiger partial charge in [0.15, 0.2) is 16.4 Å². The number of hydrogen-bond acceptors (Lipinski definition) is 6. The molecule has 0 aliphatic carbocycles. The number of methoxy groups -OCH3 is 1. The maximum Gasteiger partial charge on any atom is 0.275 e. The van der Waals surface area contributed by atoms with Crippen molar-refractivity contribution in [3.05, 3.63) is 24.3 Å². The fourth-order valence-corrected chi connectivity index (χ4v) is 4.30. The van der Waals surface area contributed by atoms with Gasteiger partial charge in [-0.05, 0) is 30.7 Å². The van der Waals surface area contributed by atoms with Gasteiger partial charge in [-0.2, -0.15) is 0 Å². The van der Waals surface area contributed by atoms with E-state index in [4.69, 9.17) is 9.47 Å². The molecule has 1 aliphatic rings. The number of ether oxygens (including phenoxy) is 2. The van der Waals surface area contributed by atoms with Gasteiger partial charge in [-0.1, -0.05) is 0 Å². The number of carbonyl (C=O) groups is 1. The Morgan fingerprint density at radius 3 is 2.30 bits per heavy atom. The van der Waals surface area contributed by atoms with Gasteiger partial charge in [0.25, 0.3) is 5.91 Å². The van der Waals surface area contributed by atoms with Crippen LogP contribution in [0, 0.1) is 0 Å². The minimum atomic E-state index is -3.06. The minimum absolute atomic E-state index is 0.000540. The zero-order valence-corrected chi connectivity index (χ0v) is 14.4. The van der Waals surface area contributed by atoms with E-state index in [1.54, 1.807) is 50.5 Å². The summed E-state index contributed by atoms with van der Waals surface area (Å²) in [6, 6.07) is 6.58. The van der Waals surface area contributed by atoms with Crippen molar-refractivity contribution in [1.82, 2.24) is 10.0 Å². The molecule has 7 nitrogen and oxygen atoms in total. The third kappa shape index (κ3) is 4.59. The molecule has 1 aromatic carbocycles. The van der Waals surface area contributed by atoms with E-state index in [0.717, 1.165) is 0 Å². The average Bonchev–Trinajstić information content (AvgIpc) is 2.85. The molecule has 1 heterocycles. The topological polar surface area (TPSA) is 76.1 Å². The summed E-state index contributed by atoms with van der Waals surface area (Å²) in [4.78, 5) is 12.4. The predicted molar refractivity (Wildman–Crippen MR) is 86.1 cm³/mol. The summed E-state index contributed by atoms with van der Waals surface area (Å²) in [5.74, 6) is 1.10. The Balaban J connectivity index is 1.98. The molecule has 0 radical (unpaired) electrons. The van der Waals surface area contributed by atoms with Crippen LogP contribution in [0.4, 0.5) is 0 Å². The molecular formula is C15H22N2O5S. The smallest absolute Gasteiger partial charge is 0.275 e. The molecule has 0 aromatic heterocycles. The molecular weight excluding hydrogens is 320 g/mol. The van der Waals surface area contributed by atoms with E-state index in [2.05, 4.69) is 0 Å². The van der Waals surface area contributed by atoms with E-state index < -0.39 is 9.84 Å². The largest absolute Gasteiger partial charge is 0.497 e. The summed E-state index contributed by atoms with van der Waals surface area (Å²) >= 11 is 0. The molecule has 1 aliphatic heterocycles. The molecule has 1 atom stereocenters. The third-order valence-corrected chi connectivity index (χ3v) is 5.41. The summed E-state index contributed by atoms with van der Waals surface area (Å²) in [6.07, 6.45) is 0.453. The van der Waals surface area contributed by atoms with Crippen molar-refractivity contribution >= 4 is 15.7 Å². The number of carbonyl (C=O) groups excluding carboxylic acids is 1. The first-order chi connectivity index (χ1) is 10.8. The number of hydrazine groups is 1. The monoisotopic (exact) mass is 342 g/mol. The molecule has 128 valence electrons. The first kappa shape index (κ1) is 17.6. The van der Waals surface area contributed by atoms with Gasteiger partial charge in [0.05, 0.1) is 24.7 Å². The van der Waals surface area contributed by atoms with Crippen LogP contribution in [0.25, 0.3) is 0 Å². The molecule has 1 fully saturated rings. The van der Waals surface area contributed by atoms with Crippen molar-refractivity contribution in [2.24, 2.45) is 0 Å². The summed E-state index contributed by atoms with van der Waals surface area (Å²) < 4.78 is 33.8. The average molecular weight is 342 g/mol. The lowest BCUT2D eigenvalue weighted by molar-refractivity contribution is -0.151. The maximum absolute atomic E-state index is 12.4. The fraction of sp³-hybridized carbons (Fsp3) is 0.533. The molecule has 1 amide bonds. The zero-order valence-electron chi connectivity index (χ0n) is 13.6. The Morgan fingerprint density at radius 1 is 1.22 bits per heavy atom. The Morgan fingerprint density at radius 2 is 1.83 bits per heavy atom. The number of benzene rings is 1. The SMILES string of the molecule is COc1ccc(OCC(=O)N([C@@H]2CCS(=O)(=O)C2)N(C)C)cc1. The summed E-state index contributed by atoms with van der Waals surface area (Å²) in [5, 5.41) is 3.08. The van der Waals surface area contributed by atoms with Gasteiger partial charge in [0, 0.05) is 14.1 Å². The lowest BCUT2D eigenvalue weighted by Gasteiger charge is -2.33. The highest BCUT2D eigenvalue weighted by Crippen LogP contribution is 2.20. The molecule has 8 heteroatoms. The van der Waals surface area contributed by atoms with E-state index in [9.17, 15) is 13.2 Å². The van der Waals surface area contributed by atoms with Gasteiger partial charge in [-0.15, -0.1) is 0 Å². The van der Waals surface area contributed by atoms with Gasteiger partial charge in [-0.25, -0.2) is 13.4 Å². The van der Waals surface area contributed by atoms with Crippen LogP contribution in [0.2, 0.25) is 0 Å². The minimum Gasteiger partial charge on any atom is -0.497 e. The van der Waals surface area contributed by atoms with Crippen LogP contribution in [-0.4, -0.2) is 69.7 Å². The fourth-order valence-electron chi connectivity index (χ4n) is 2.60. The normalized spacial score (nSPS) is 19.6. The van der Waals surface area contributed by atoms with Crippen LogP contribution in [0.3, 0.4) is 0 Å². The number of nitrogens with zero attached hydrogens (tertiary/aromatic N) is 2. The molecule has 0 spiro atoms. The van der Waals surface area contributed by atoms with Crippen molar-refractivity contribution in [2.45, 2.75) is 12.5 Å². The van der Waals surface area contributed by atoms with Crippen LogP contribution in [-0.2, 0) is 14.6 Å². The highest BCUT2D eigenvalue weighted by atomic mass is 32.2. The Kier molecular flexibility index (Phi) is 5.48. The third-order valence-electron chi connectivity index (χ3n) is 3.66. The second kappa shape index (κ2) is 7.18. The standard InChI is InChI=1S/C15H22N2O5S/c1-16(2)17(12-8-9-23(19,20)11-12)15(18)10-22-14-6-4-13(21-3)5-7-14/h4-7,12H,8-11H2,1-3H3/t12-/m1/s1. The Hall–Kier alpha value is -1.80. The highest BCUT2D eigenvalue weighted by Gasteiger charge is 2.36. The first-order valence-corrected chi connectivity index (χ1v) is 9.11. The van der Waals surface area contributed by atoms with Crippen molar-refractivity contribution in [1.29, 1.82) is 0 Å². The zero-order chi connectivity index (χ0) is 17.0. The Bertz CT molecular complexity index is 642. The summed E-state index contributed by atoms with van der Waals surface area (Å²) in [7, 11) is 1.95. The lowest BCUT2D eigenvalue weighted by atomic mass is 10.2. The van der Waals surface area contributed by atoms with Crippen molar-refractivity contribution in [3.8, 4) is 11.5 Å². The molecule has 1 saturated heterocycles. The number of rotatable bonds is 6. The van der Waals surface area contributed by atoms with Crippen molar-refractivity contribution in [2.75, 3.05) is 39.3 Å². The van der Waals surface area contributed by atoms with Gasteiger partial charge in [-0.3, -0.25) is 9.80 Å². The highest BCUT2D eigenvalue weighted by molar-refractivity contribution is 7.91. The maximum atomic E-state index is 12.4. The van der Waals surface area contributed by atoms with E-state index in [0.29, 0.717) is 17.9 Å². The molecule has 0 saturated carbocycles. The Labute approximate surface area is 136 Å². The second-order valence-corrected chi connectivity index (χ2v) is 7.84. The predicted octanol–water partition coefficient (Wildman–Crippen LogP) is 0.566. The van der Waals surface area contributed by atoms with Gasteiger partial charge in [0.1, 0.15) is 11.5 Å². The van der Waals surface area contributed by atoms with Crippen LogP contribution in [0.1, 0.15) is 6.42 Å². The van der Waals surface area contributed by atoms with Crippen LogP contribution >= 0.6 is 0 Å². The van der Waals surface area contributed by atoms with Crippen molar-refractivity contribution < 1.29 is 22.7 Å². The number of amides is 1.